The number of anilines is 1. The molecule has 0 saturated carbocycles. The van der Waals surface area contributed by atoms with E-state index >= 15 is 0 Å². The van der Waals surface area contributed by atoms with E-state index in [1.54, 1.807) is 0 Å². The highest BCUT2D eigenvalue weighted by molar-refractivity contribution is 5.91. The summed E-state index contributed by atoms with van der Waals surface area (Å²) in [6, 6.07) is 18.6. The Morgan fingerprint density at radius 1 is 1.00 bits per heavy atom. The fourth-order valence-electron chi connectivity index (χ4n) is 2.29. The molecular weight excluding hydrogens is 304 g/mol. The first-order chi connectivity index (χ1) is 11.7. The monoisotopic (exact) mass is 320 g/mol. The molecule has 24 heavy (non-hydrogen) atoms. The summed E-state index contributed by atoms with van der Waals surface area (Å²) in [6.45, 7) is -0.182. The number of pyridine rings is 1. The number of rotatable bonds is 5. The van der Waals surface area contributed by atoms with E-state index in [4.69, 9.17) is 4.74 Å². The molecule has 0 bridgehead atoms. The van der Waals surface area contributed by atoms with Crippen LogP contribution in [0.25, 0.3) is 11.1 Å². The predicted molar refractivity (Wildman–Crippen MR) is 93.1 cm³/mol. The molecule has 0 saturated heterocycles. The smallest absolute Gasteiger partial charge is 0.262 e. The van der Waals surface area contributed by atoms with Gasteiger partial charge in [-0.2, -0.15) is 0 Å². The van der Waals surface area contributed by atoms with Crippen LogP contribution >= 0.6 is 0 Å². The lowest BCUT2D eigenvalue weighted by atomic mass is 10.1. The molecule has 0 atom stereocenters. The van der Waals surface area contributed by atoms with Crippen LogP contribution in [0.1, 0.15) is 0 Å². The van der Waals surface area contributed by atoms with Crippen molar-refractivity contribution in [2.24, 2.45) is 0 Å². The first kappa shape index (κ1) is 15.6. The van der Waals surface area contributed by atoms with Gasteiger partial charge in [0.25, 0.3) is 5.91 Å². The summed E-state index contributed by atoms with van der Waals surface area (Å²) in [5.74, 6) is 0.218. The maximum absolute atomic E-state index is 12.0. The fraction of sp³-hybridized carbons (Fsp3) is 0.0526. The number of hydrogen-bond donors (Lipinski definition) is 2. The molecule has 3 rings (SSSR count). The van der Waals surface area contributed by atoms with Gasteiger partial charge in [-0.25, -0.2) is 0 Å². The number of aromatic nitrogens is 1. The van der Waals surface area contributed by atoms with Crippen molar-refractivity contribution < 1.29 is 9.53 Å². The van der Waals surface area contributed by atoms with Gasteiger partial charge in [-0.05, 0) is 11.6 Å². The lowest BCUT2D eigenvalue weighted by Crippen LogP contribution is -2.23. The van der Waals surface area contributed by atoms with Crippen LogP contribution in [-0.2, 0) is 4.79 Å². The van der Waals surface area contributed by atoms with Gasteiger partial charge in [0.2, 0.25) is 5.43 Å². The van der Waals surface area contributed by atoms with Gasteiger partial charge in [-0.3, -0.25) is 9.59 Å². The molecule has 3 aromatic rings. The molecule has 1 heterocycles. The zero-order valence-electron chi connectivity index (χ0n) is 12.9. The SMILES string of the molecule is O=C(COc1ccccc1-c1ccccc1)Nc1c[nH]ccc1=O. The number of nitrogens with one attached hydrogen (secondary N) is 2. The molecule has 0 aliphatic rings. The molecule has 0 aliphatic heterocycles. The van der Waals surface area contributed by atoms with Crippen molar-refractivity contribution in [2.45, 2.75) is 0 Å². The van der Waals surface area contributed by atoms with Crippen molar-refractivity contribution in [1.82, 2.24) is 4.98 Å². The van der Waals surface area contributed by atoms with Gasteiger partial charge in [0.1, 0.15) is 11.4 Å². The van der Waals surface area contributed by atoms with E-state index in [-0.39, 0.29) is 17.7 Å². The molecule has 1 amide bonds. The van der Waals surface area contributed by atoms with Crippen molar-refractivity contribution >= 4 is 11.6 Å². The van der Waals surface area contributed by atoms with Gasteiger partial charge < -0.3 is 15.0 Å². The highest BCUT2D eigenvalue weighted by Crippen LogP contribution is 2.29. The summed E-state index contributed by atoms with van der Waals surface area (Å²) in [4.78, 5) is 26.3. The number of hydrogen-bond acceptors (Lipinski definition) is 3. The van der Waals surface area contributed by atoms with Crippen LogP contribution in [0.3, 0.4) is 0 Å². The molecule has 0 spiro atoms. The molecular formula is C19H16N2O3. The van der Waals surface area contributed by atoms with Crippen molar-refractivity contribution in [1.29, 1.82) is 0 Å². The lowest BCUT2D eigenvalue weighted by Gasteiger charge is -2.11. The number of para-hydroxylation sites is 1. The minimum absolute atomic E-state index is 0.182. The number of H-pyrrole nitrogens is 1. The average molecular weight is 320 g/mol. The summed E-state index contributed by atoms with van der Waals surface area (Å²) in [7, 11) is 0. The van der Waals surface area contributed by atoms with Crippen LogP contribution in [0.5, 0.6) is 5.75 Å². The van der Waals surface area contributed by atoms with Gasteiger partial charge in [-0.1, -0.05) is 48.5 Å². The Kier molecular flexibility index (Phi) is 4.72. The molecule has 2 N–H and O–H groups in total. The highest BCUT2D eigenvalue weighted by Gasteiger charge is 2.09. The van der Waals surface area contributed by atoms with Crippen LogP contribution in [0, 0.1) is 0 Å². The zero-order chi connectivity index (χ0) is 16.8. The number of benzene rings is 2. The second-order valence-electron chi connectivity index (χ2n) is 5.12. The van der Waals surface area contributed by atoms with Crippen LogP contribution in [0.2, 0.25) is 0 Å². The predicted octanol–water partition coefficient (Wildman–Crippen LogP) is 3.06. The van der Waals surface area contributed by atoms with Gasteiger partial charge in [0.15, 0.2) is 6.61 Å². The molecule has 5 nitrogen and oxygen atoms in total. The minimum Gasteiger partial charge on any atom is -0.483 e. The van der Waals surface area contributed by atoms with E-state index in [0.717, 1.165) is 11.1 Å². The number of amides is 1. The van der Waals surface area contributed by atoms with Crippen molar-refractivity contribution in [3.8, 4) is 16.9 Å². The Labute approximate surface area is 138 Å². The molecule has 120 valence electrons. The quantitative estimate of drug-likeness (QED) is 0.759. The Morgan fingerprint density at radius 3 is 2.54 bits per heavy atom. The van der Waals surface area contributed by atoms with Gasteiger partial charge in [0, 0.05) is 24.0 Å². The molecule has 1 aromatic heterocycles. The molecule has 2 aromatic carbocycles. The van der Waals surface area contributed by atoms with Crippen LogP contribution in [-0.4, -0.2) is 17.5 Å². The van der Waals surface area contributed by atoms with Gasteiger partial charge >= 0.3 is 0 Å². The Balaban J connectivity index is 1.70. The number of carbonyl (C=O) groups is 1. The summed E-state index contributed by atoms with van der Waals surface area (Å²) in [5, 5.41) is 2.53. The molecule has 0 radical (unpaired) electrons. The lowest BCUT2D eigenvalue weighted by molar-refractivity contribution is -0.118. The van der Waals surface area contributed by atoms with Gasteiger partial charge in [0.05, 0.1) is 0 Å². The molecule has 5 heteroatoms. The fourth-order valence-corrected chi connectivity index (χ4v) is 2.29. The third kappa shape index (κ3) is 3.70. The normalized spacial score (nSPS) is 10.2. The highest BCUT2D eigenvalue weighted by atomic mass is 16.5. The number of ether oxygens (including phenoxy) is 1. The minimum atomic E-state index is -0.394. The molecule has 0 unspecified atom stereocenters. The number of aromatic amines is 1. The summed E-state index contributed by atoms with van der Waals surface area (Å²) in [6.07, 6.45) is 2.95. The molecule has 0 aliphatic carbocycles. The van der Waals surface area contributed by atoms with Crippen LogP contribution in [0.4, 0.5) is 5.69 Å². The molecule has 0 fully saturated rings. The van der Waals surface area contributed by atoms with E-state index in [9.17, 15) is 9.59 Å². The van der Waals surface area contributed by atoms with Crippen molar-refractivity contribution in [3.05, 3.63) is 83.3 Å². The summed E-state index contributed by atoms with van der Waals surface area (Å²) >= 11 is 0. The third-order valence-corrected chi connectivity index (χ3v) is 3.43. The van der Waals surface area contributed by atoms with E-state index < -0.39 is 5.91 Å². The summed E-state index contributed by atoms with van der Waals surface area (Å²) in [5.41, 5.74) is 1.85. The maximum Gasteiger partial charge on any atom is 0.262 e. The average Bonchev–Trinajstić information content (AvgIpc) is 2.63. The second kappa shape index (κ2) is 7.28. The zero-order valence-corrected chi connectivity index (χ0v) is 12.9. The van der Waals surface area contributed by atoms with Crippen LogP contribution < -0.4 is 15.5 Å². The van der Waals surface area contributed by atoms with E-state index in [2.05, 4.69) is 10.3 Å². The number of carbonyl (C=O) groups excluding carboxylic acids is 1. The van der Waals surface area contributed by atoms with E-state index in [1.807, 2.05) is 54.6 Å². The summed E-state index contributed by atoms with van der Waals surface area (Å²) < 4.78 is 5.64. The maximum atomic E-state index is 12.0. The second-order valence-corrected chi connectivity index (χ2v) is 5.12. The topological polar surface area (TPSA) is 71.2 Å². The van der Waals surface area contributed by atoms with E-state index in [1.165, 1.54) is 18.5 Å². The third-order valence-electron chi connectivity index (χ3n) is 3.43. The van der Waals surface area contributed by atoms with Crippen molar-refractivity contribution in [2.75, 3.05) is 11.9 Å². The standard InChI is InChI=1S/C19H16N2O3/c22-17-10-11-20-12-16(17)21-19(23)13-24-18-9-5-4-8-15(18)14-6-2-1-3-7-14/h1-12H,13H2,(H,20,22)(H,21,23). The Bertz CT molecular complexity index is 888. The van der Waals surface area contributed by atoms with E-state index in [0.29, 0.717) is 5.75 Å². The van der Waals surface area contributed by atoms with Gasteiger partial charge in [-0.15, -0.1) is 0 Å². The van der Waals surface area contributed by atoms with Crippen LogP contribution in [0.15, 0.2) is 77.9 Å². The largest absolute Gasteiger partial charge is 0.483 e. The Hall–Kier alpha value is -3.34. The first-order valence-electron chi connectivity index (χ1n) is 7.48. The first-order valence-corrected chi connectivity index (χ1v) is 7.48. The Morgan fingerprint density at radius 2 is 1.75 bits per heavy atom. The van der Waals surface area contributed by atoms with Crippen molar-refractivity contribution in [3.63, 3.8) is 0 Å².